The second-order valence-corrected chi connectivity index (χ2v) is 7.09. The molecule has 1 N–H and O–H groups in total. The van der Waals surface area contributed by atoms with Crippen LogP contribution in [-0.4, -0.2) is 20.4 Å². The first-order valence-electron chi connectivity index (χ1n) is 9.07. The highest BCUT2D eigenvalue weighted by Gasteiger charge is 2.12. The van der Waals surface area contributed by atoms with Gasteiger partial charge in [0, 0.05) is 11.6 Å². The zero-order chi connectivity index (χ0) is 19.8. The van der Waals surface area contributed by atoms with E-state index in [-0.39, 0.29) is 23.9 Å². The molecule has 0 bridgehead atoms. The summed E-state index contributed by atoms with van der Waals surface area (Å²) >= 11 is 0. The molecule has 0 unspecified atom stereocenters. The van der Waals surface area contributed by atoms with Crippen molar-refractivity contribution in [3.8, 4) is 0 Å². The minimum absolute atomic E-state index is 0.121. The number of amides is 1. The first-order chi connectivity index (χ1) is 13.4. The van der Waals surface area contributed by atoms with Crippen molar-refractivity contribution in [3.63, 3.8) is 0 Å². The number of anilines is 1. The summed E-state index contributed by atoms with van der Waals surface area (Å²) in [5, 5.41) is 3.30. The van der Waals surface area contributed by atoms with E-state index >= 15 is 0 Å². The summed E-state index contributed by atoms with van der Waals surface area (Å²) in [6.07, 6.45) is 1.41. The van der Waals surface area contributed by atoms with Crippen LogP contribution in [0.25, 0.3) is 22.0 Å². The number of carbonyl (C=O) groups is 1. The van der Waals surface area contributed by atoms with Crippen LogP contribution in [0.1, 0.15) is 31.2 Å². The van der Waals surface area contributed by atoms with Crippen molar-refractivity contribution in [1.82, 2.24) is 14.5 Å². The average Bonchev–Trinajstić information content (AvgIpc) is 3.08. The standard InChI is InChI=1S/C21H20N4O3/c1-12(2)20-24-16-9-14(7-8-17(16)28-20)23-18(26)10-25-11-22-19-13(3)5-4-6-15(19)21(25)27/h4-9,11-12H,10H2,1-3H3,(H,23,26). The summed E-state index contributed by atoms with van der Waals surface area (Å²) in [7, 11) is 0. The summed E-state index contributed by atoms with van der Waals surface area (Å²) in [6.45, 7) is 5.79. The van der Waals surface area contributed by atoms with Crippen LogP contribution in [-0.2, 0) is 11.3 Å². The summed E-state index contributed by atoms with van der Waals surface area (Å²) < 4.78 is 6.98. The third-order valence-electron chi connectivity index (χ3n) is 4.55. The number of aryl methyl sites for hydroxylation is 1. The van der Waals surface area contributed by atoms with Crippen molar-refractivity contribution in [3.05, 3.63) is 64.5 Å². The number of fused-ring (bicyclic) bond motifs is 2. The monoisotopic (exact) mass is 376 g/mol. The number of hydrogen-bond acceptors (Lipinski definition) is 5. The van der Waals surface area contributed by atoms with Crippen molar-refractivity contribution in [2.45, 2.75) is 33.2 Å². The maximum atomic E-state index is 12.6. The van der Waals surface area contributed by atoms with E-state index in [4.69, 9.17) is 4.42 Å². The van der Waals surface area contributed by atoms with Crippen LogP contribution in [0.5, 0.6) is 0 Å². The molecule has 142 valence electrons. The third-order valence-corrected chi connectivity index (χ3v) is 4.55. The number of benzene rings is 2. The van der Waals surface area contributed by atoms with Crippen LogP contribution >= 0.6 is 0 Å². The van der Waals surface area contributed by atoms with E-state index in [0.29, 0.717) is 33.6 Å². The molecule has 0 spiro atoms. The molecule has 0 radical (unpaired) electrons. The number of oxazole rings is 1. The molecule has 0 saturated heterocycles. The maximum Gasteiger partial charge on any atom is 0.261 e. The van der Waals surface area contributed by atoms with Crippen LogP contribution in [0.4, 0.5) is 5.69 Å². The molecule has 7 heteroatoms. The van der Waals surface area contributed by atoms with Gasteiger partial charge in [-0.15, -0.1) is 0 Å². The van der Waals surface area contributed by atoms with E-state index in [2.05, 4.69) is 15.3 Å². The molecule has 0 aliphatic heterocycles. The fourth-order valence-electron chi connectivity index (χ4n) is 3.08. The van der Waals surface area contributed by atoms with E-state index in [1.165, 1.54) is 10.9 Å². The minimum Gasteiger partial charge on any atom is -0.440 e. The lowest BCUT2D eigenvalue weighted by molar-refractivity contribution is -0.116. The Morgan fingerprint density at radius 1 is 1.25 bits per heavy atom. The lowest BCUT2D eigenvalue weighted by Crippen LogP contribution is -2.28. The zero-order valence-electron chi connectivity index (χ0n) is 15.9. The Bertz CT molecular complexity index is 1250. The molecule has 0 aliphatic carbocycles. The number of rotatable bonds is 4. The summed E-state index contributed by atoms with van der Waals surface area (Å²) in [5.41, 5.74) is 3.29. The van der Waals surface area contributed by atoms with Gasteiger partial charge in [0.1, 0.15) is 12.1 Å². The summed E-state index contributed by atoms with van der Waals surface area (Å²) in [5.74, 6) is 0.520. The van der Waals surface area contributed by atoms with Crippen LogP contribution in [0, 0.1) is 6.92 Å². The van der Waals surface area contributed by atoms with Gasteiger partial charge in [-0.05, 0) is 36.8 Å². The molecular formula is C21H20N4O3. The van der Waals surface area contributed by atoms with Crippen LogP contribution in [0.3, 0.4) is 0 Å². The van der Waals surface area contributed by atoms with Crippen LogP contribution in [0.2, 0.25) is 0 Å². The highest BCUT2D eigenvalue weighted by atomic mass is 16.3. The number of aromatic nitrogens is 3. The van der Waals surface area contributed by atoms with Gasteiger partial charge in [-0.1, -0.05) is 26.0 Å². The zero-order valence-corrected chi connectivity index (χ0v) is 15.9. The molecule has 0 aliphatic rings. The van der Waals surface area contributed by atoms with Gasteiger partial charge in [0.2, 0.25) is 5.91 Å². The Hall–Kier alpha value is -3.48. The highest BCUT2D eigenvalue weighted by molar-refractivity contribution is 5.92. The lowest BCUT2D eigenvalue weighted by atomic mass is 10.1. The molecule has 2 aromatic heterocycles. The van der Waals surface area contributed by atoms with E-state index in [0.717, 1.165) is 5.56 Å². The fraction of sp³-hybridized carbons (Fsp3) is 0.238. The van der Waals surface area contributed by atoms with Crippen molar-refractivity contribution >= 4 is 33.6 Å². The van der Waals surface area contributed by atoms with E-state index in [1.54, 1.807) is 24.3 Å². The largest absolute Gasteiger partial charge is 0.440 e. The van der Waals surface area contributed by atoms with E-state index in [1.807, 2.05) is 32.9 Å². The number of nitrogens with one attached hydrogen (secondary N) is 1. The van der Waals surface area contributed by atoms with Gasteiger partial charge in [-0.3, -0.25) is 14.2 Å². The molecule has 2 aromatic carbocycles. The van der Waals surface area contributed by atoms with Crippen molar-refractivity contribution in [2.75, 3.05) is 5.32 Å². The normalized spacial score (nSPS) is 11.4. The first-order valence-corrected chi connectivity index (χ1v) is 9.07. The Balaban J connectivity index is 1.56. The Morgan fingerprint density at radius 3 is 2.86 bits per heavy atom. The molecule has 0 saturated carbocycles. The van der Waals surface area contributed by atoms with E-state index in [9.17, 15) is 9.59 Å². The summed E-state index contributed by atoms with van der Waals surface area (Å²) in [6, 6.07) is 10.7. The lowest BCUT2D eigenvalue weighted by Gasteiger charge is -2.08. The molecule has 0 atom stereocenters. The minimum atomic E-state index is -0.317. The molecule has 28 heavy (non-hydrogen) atoms. The van der Waals surface area contributed by atoms with Crippen LogP contribution < -0.4 is 10.9 Å². The second kappa shape index (κ2) is 6.92. The second-order valence-electron chi connectivity index (χ2n) is 7.09. The number of hydrogen-bond donors (Lipinski definition) is 1. The van der Waals surface area contributed by atoms with Gasteiger partial charge in [-0.2, -0.15) is 0 Å². The molecule has 4 aromatic rings. The molecular weight excluding hydrogens is 356 g/mol. The summed E-state index contributed by atoms with van der Waals surface area (Å²) in [4.78, 5) is 33.8. The SMILES string of the molecule is Cc1cccc2c(=O)n(CC(=O)Nc3ccc4oc(C(C)C)nc4c3)cnc12. The Kier molecular flexibility index (Phi) is 4.43. The van der Waals surface area contributed by atoms with Gasteiger partial charge in [-0.25, -0.2) is 9.97 Å². The van der Waals surface area contributed by atoms with Gasteiger partial charge < -0.3 is 9.73 Å². The molecule has 1 amide bonds. The number of para-hydroxylation sites is 1. The molecule has 4 rings (SSSR count). The van der Waals surface area contributed by atoms with E-state index < -0.39 is 0 Å². The Morgan fingerprint density at radius 2 is 2.07 bits per heavy atom. The first kappa shape index (κ1) is 17.9. The number of nitrogens with zero attached hydrogens (tertiary/aromatic N) is 3. The number of carbonyl (C=O) groups excluding carboxylic acids is 1. The average molecular weight is 376 g/mol. The molecule has 0 fully saturated rings. The van der Waals surface area contributed by atoms with Crippen molar-refractivity contribution in [1.29, 1.82) is 0 Å². The smallest absolute Gasteiger partial charge is 0.261 e. The molecule has 7 nitrogen and oxygen atoms in total. The van der Waals surface area contributed by atoms with Gasteiger partial charge >= 0.3 is 0 Å². The topological polar surface area (TPSA) is 90.0 Å². The van der Waals surface area contributed by atoms with Gasteiger partial charge in [0.05, 0.1) is 17.2 Å². The highest BCUT2D eigenvalue weighted by Crippen LogP contribution is 2.23. The van der Waals surface area contributed by atoms with Crippen molar-refractivity contribution < 1.29 is 9.21 Å². The molecule has 2 heterocycles. The Labute approximate surface area is 161 Å². The van der Waals surface area contributed by atoms with Crippen molar-refractivity contribution in [2.24, 2.45) is 0 Å². The van der Waals surface area contributed by atoms with Gasteiger partial charge in [0.25, 0.3) is 5.56 Å². The van der Waals surface area contributed by atoms with Gasteiger partial charge in [0.15, 0.2) is 11.5 Å². The predicted molar refractivity (Wildman–Crippen MR) is 107 cm³/mol. The maximum absolute atomic E-state index is 12.6. The fourth-order valence-corrected chi connectivity index (χ4v) is 3.08. The third kappa shape index (κ3) is 3.26. The predicted octanol–water partition coefficient (Wildman–Crippen LogP) is 3.61. The quantitative estimate of drug-likeness (QED) is 0.588. The van der Waals surface area contributed by atoms with Crippen LogP contribution in [0.15, 0.2) is 51.9 Å².